The van der Waals surface area contributed by atoms with E-state index in [9.17, 15) is 0 Å². The largest absolute Gasteiger partial charge is 0.380 e. The zero-order valence-electron chi connectivity index (χ0n) is 10.7. The average Bonchev–Trinajstić information content (AvgIpc) is 2.67. The third-order valence-corrected chi connectivity index (χ3v) is 3.01. The molecule has 0 spiro atoms. The number of hydrogen-bond acceptors (Lipinski definition) is 3. The summed E-state index contributed by atoms with van der Waals surface area (Å²) < 4.78 is 5.45. The Morgan fingerprint density at radius 1 is 1.17 bits per heavy atom. The van der Waals surface area contributed by atoms with Gasteiger partial charge in [0.15, 0.2) is 0 Å². The van der Waals surface area contributed by atoms with Gasteiger partial charge in [-0.3, -0.25) is 4.90 Å². The van der Waals surface area contributed by atoms with Gasteiger partial charge in [-0.15, -0.1) is 0 Å². The molecule has 0 saturated carbocycles. The Hall–Kier alpha value is -1.34. The van der Waals surface area contributed by atoms with Gasteiger partial charge < -0.3 is 10.5 Å². The van der Waals surface area contributed by atoms with Crippen molar-refractivity contribution in [1.29, 1.82) is 0 Å². The van der Waals surface area contributed by atoms with Gasteiger partial charge in [0.25, 0.3) is 0 Å². The second kappa shape index (κ2) is 7.17. The fraction of sp³-hybridized carbons (Fsp3) is 0.467. The molecule has 0 amide bonds. The first-order valence-electron chi connectivity index (χ1n) is 6.46. The molecule has 3 heteroatoms. The summed E-state index contributed by atoms with van der Waals surface area (Å²) in [5, 5.41) is 0. The number of nitrogens with two attached hydrogens (primary N) is 1. The average molecular weight is 244 g/mol. The van der Waals surface area contributed by atoms with Crippen molar-refractivity contribution >= 4 is 0 Å². The number of benzene rings is 1. The van der Waals surface area contributed by atoms with Gasteiger partial charge in [-0.05, 0) is 24.1 Å². The Kier molecular flexibility index (Phi) is 5.22. The van der Waals surface area contributed by atoms with E-state index in [1.54, 1.807) is 0 Å². The Morgan fingerprint density at radius 3 is 2.78 bits per heavy atom. The molecule has 1 aliphatic rings. The van der Waals surface area contributed by atoms with Crippen LogP contribution in [0.25, 0.3) is 0 Å². The van der Waals surface area contributed by atoms with Crippen molar-refractivity contribution in [2.75, 3.05) is 32.8 Å². The maximum absolute atomic E-state index is 5.45. The molecular weight excluding hydrogens is 224 g/mol. The summed E-state index contributed by atoms with van der Waals surface area (Å²) in [5.74, 6) is 5.90. The maximum Gasteiger partial charge on any atom is 0.0593 e. The summed E-state index contributed by atoms with van der Waals surface area (Å²) in [7, 11) is 0. The highest BCUT2D eigenvalue weighted by Crippen LogP contribution is 2.09. The summed E-state index contributed by atoms with van der Waals surface area (Å²) in [5.41, 5.74) is 7.71. The van der Waals surface area contributed by atoms with Crippen molar-refractivity contribution in [2.45, 2.75) is 13.0 Å². The lowest BCUT2D eigenvalue weighted by Gasteiger charge is -2.18. The van der Waals surface area contributed by atoms with Crippen LogP contribution in [0, 0.1) is 11.8 Å². The predicted molar refractivity (Wildman–Crippen MR) is 73.1 cm³/mol. The first-order chi connectivity index (χ1) is 8.88. The normalized spacial score (nSPS) is 16.7. The summed E-state index contributed by atoms with van der Waals surface area (Å²) >= 11 is 0. The minimum absolute atomic E-state index is 0.412. The highest BCUT2D eigenvalue weighted by molar-refractivity contribution is 5.36. The zero-order chi connectivity index (χ0) is 12.6. The molecule has 0 aliphatic carbocycles. The van der Waals surface area contributed by atoms with E-state index < -0.39 is 0 Å². The van der Waals surface area contributed by atoms with E-state index in [2.05, 4.69) is 41.0 Å². The van der Waals surface area contributed by atoms with Crippen LogP contribution in [0.5, 0.6) is 0 Å². The molecular formula is C15H20N2O. The number of rotatable bonds is 2. The third kappa shape index (κ3) is 4.15. The van der Waals surface area contributed by atoms with Gasteiger partial charge in [0.2, 0.25) is 0 Å². The number of ether oxygens (including phenoxy) is 1. The van der Waals surface area contributed by atoms with E-state index in [1.165, 1.54) is 5.56 Å². The fourth-order valence-electron chi connectivity index (χ4n) is 2.06. The highest BCUT2D eigenvalue weighted by Gasteiger charge is 2.09. The van der Waals surface area contributed by atoms with E-state index >= 15 is 0 Å². The van der Waals surface area contributed by atoms with E-state index in [-0.39, 0.29) is 0 Å². The molecule has 0 atom stereocenters. The van der Waals surface area contributed by atoms with E-state index in [4.69, 9.17) is 10.5 Å². The van der Waals surface area contributed by atoms with Crippen molar-refractivity contribution in [1.82, 2.24) is 4.90 Å². The molecule has 1 aromatic rings. The Labute approximate surface area is 109 Å². The molecule has 0 unspecified atom stereocenters. The molecule has 1 fully saturated rings. The van der Waals surface area contributed by atoms with Gasteiger partial charge >= 0.3 is 0 Å². The van der Waals surface area contributed by atoms with Crippen molar-refractivity contribution in [3.63, 3.8) is 0 Å². The van der Waals surface area contributed by atoms with Crippen LogP contribution < -0.4 is 5.73 Å². The van der Waals surface area contributed by atoms with Crippen LogP contribution in [0.15, 0.2) is 24.3 Å². The predicted octanol–water partition coefficient (Wildman–Crippen LogP) is 1.22. The molecule has 18 heavy (non-hydrogen) atoms. The van der Waals surface area contributed by atoms with Crippen LogP contribution >= 0.6 is 0 Å². The van der Waals surface area contributed by atoms with Crippen LogP contribution in [-0.4, -0.2) is 37.7 Å². The summed E-state index contributed by atoms with van der Waals surface area (Å²) in [6, 6.07) is 8.41. The lowest BCUT2D eigenvalue weighted by molar-refractivity contribution is 0.140. The van der Waals surface area contributed by atoms with Crippen molar-refractivity contribution in [3.8, 4) is 11.8 Å². The minimum atomic E-state index is 0.412. The molecule has 1 heterocycles. The van der Waals surface area contributed by atoms with E-state index in [0.29, 0.717) is 6.54 Å². The quantitative estimate of drug-likeness (QED) is 0.795. The summed E-state index contributed by atoms with van der Waals surface area (Å²) in [4.78, 5) is 2.44. The maximum atomic E-state index is 5.45. The fourth-order valence-corrected chi connectivity index (χ4v) is 2.06. The number of nitrogens with zero attached hydrogens (tertiary/aromatic N) is 1. The molecule has 1 aliphatic heterocycles. The lowest BCUT2D eigenvalue weighted by Crippen LogP contribution is -2.25. The van der Waals surface area contributed by atoms with Gasteiger partial charge in [-0.25, -0.2) is 0 Å². The third-order valence-electron chi connectivity index (χ3n) is 3.01. The van der Waals surface area contributed by atoms with Crippen molar-refractivity contribution in [2.24, 2.45) is 5.73 Å². The first-order valence-corrected chi connectivity index (χ1v) is 6.46. The zero-order valence-corrected chi connectivity index (χ0v) is 10.7. The SMILES string of the molecule is NCC#Cc1ccc(CN2CCCOCC2)cc1. The van der Waals surface area contributed by atoms with E-state index in [1.807, 2.05) is 0 Å². The lowest BCUT2D eigenvalue weighted by atomic mass is 10.1. The monoisotopic (exact) mass is 244 g/mol. The van der Waals surface area contributed by atoms with Gasteiger partial charge in [-0.1, -0.05) is 24.0 Å². The molecule has 2 N–H and O–H groups in total. The van der Waals surface area contributed by atoms with Crippen molar-refractivity contribution in [3.05, 3.63) is 35.4 Å². The first kappa shape index (κ1) is 13.1. The second-order valence-electron chi connectivity index (χ2n) is 4.44. The molecule has 1 aromatic carbocycles. The smallest absolute Gasteiger partial charge is 0.0593 e. The van der Waals surface area contributed by atoms with Crippen LogP contribution in [-0.2, 0) is 11.3 Å². The Balaban J connectivity index is 1.92. The van der Waals surface area contributed by atoms with Crippen LogP contribution in [0.3, 0.4) is 0 Å². The molecule has 0 bridgehead atoms. The standard InChI is InChI=1S/C15H20N2O/c16-8-1-3-14-4-6-15(7-5-14)13-17-9-2-11-18-12-10-17/h4-7H,2,8-13,16H2. The van der Waals surface area contributed by atoms with Gasteiger partial charge in [0, 0.05) is 31.8 Å². The van der Waals surface area contributed by atoms with Gasteiger partial charge in [0.05, 0.1) is 13.2 Å². The molecule has 96 valence electrons. The highest BCUT2D eigenvalue weighted by atomic mass is 16.5. The van der Waals surface area contributed by atoms with E-state index in [0.717, 1.165) is 44.8 Å². The Bertz CT molecular complexity index is 408. The summed E-state index contributed by atoms with van der Waals surface area (Å²) in [6.07, 6.45) is 1.13. The van der Waals surface area contributed by atoms with Gasteiger partial charge in [0.1, 0.15) is 0 Å². The van der Waals surface area contributed by atoms with Crippen molar-refractivity contribution < 1.29 is 4.74 Å². The topological polar surface area (TPSA) is 38.5 Å². The Morgan fingerprint density at radius 2 is 2.00 bits per heavy atom. The van der Waals surface area contributed by atoms with Crippen LogP contribution in [0.2, 0.25) is 0 Å². The molecule has 2 rings (SSSR count). The van der Waals surface area contributed by atoms with Crippen LogP contribution in [0.1, 0.15) is 17.5 Å². The summed E-state index contributed by atoms with van der Waals surface area (Å²) in [6.45, 7) is 5.29. The van der Waals surface area contributed by atoms with Crippen LogP contribution in [0.4, 0.5) is 0 Å². The molecule has 1 saturated heterocycles. The number of hydrogen-bond donors (Lipinski definition) is 1. The molecule has 3 nitrogen and oxygen atoms in total. The minimum Gasteiger partial charge on any atom is -0.380 e. The molecule has 0 aromatic heterocycles. The van der Waals surface area contributed by atoms with Gasteiger partial charge in [-0.2, -0.15) is 0 Å². The second-order valence-corrected chi connectivity index (χ2v) is 4.44. The molecule has 0 radical (unpaired) electrons.